The van der Waals surface area contributed by atoms with Crippen molar-refractivity contribution in [2.45, 2.75) is 46.7 Å². The van der Waals surface area contributed by atoms with Crippen molar-refractivity contribution in [1.82, 2.24) is 14.9 Å². The van der Waals surface area contributed by atoms with Crippen LogP contribution >= 0.6 is 0 Å². The Morgan fingerprint density at radius 1 is 1.26 bits per heavy atom. The third kappa shape index (κ3) is 5.32. The summed E-state index contributed by atoms with van der Waals surface area (Å²) in [6, 6.07) is 0. The maximum absolute atomic E-state index is 11.8. The van der Waals surface area contributed by atoms with E-state index in [0.717, 1.165) is 31.0 Å². The predicted octanol–water partition coefficient (Wildman–Crippen LogP) is 1.52. The van der Waals surface area contributed by atoms with Gasteiger partial charge in [0.05, 0.1) is 11.4 Å². The lowest BCUT2D eigenvalue weighted by Crippen LogP contribution is -2.21. The minimum absolute atomic E-state index is 0.193. The van der Waals surface area contributed by atoms with Gasteiger partial charge < -0.3 is 9.88 Å². The molecule has 0 aliphatic heterocycles. The van der Waals surface area contributed by atoms with Crippen LogP contribution in [0, 0.1) is 6.92 Å². The van der Waals surface area contributed by atoms with Gasteiger partial charge in [-0.1, -0.05) is 13.8 Å². The number of nitrogens with zero attached hydrogens (tertiary/aromatic N) is 2. The largest absolute Gasteiger partial charge is 0.330 e. The molecule has 1 N–H and O–H groups in total. The van der Waals surface area contributed by atoms with E-state index in [9.17, 15) is 8.42 Å². The summed E-state index contributed by atoms with van der Waals surface area (Å²) in [6.45, 7) is 8.11. The van der Waals surface area contributed by atoms with E-state index in [1.54, 1.807) is 0 Å². The van der Waals surface area contributed by atoms with E-state index in [0.29, 0.717) is 13.0 Å². The van der Waals surface area contributed by atoms with Crippen molar-refractivity contribution in [1.29, 1.82) is 0 Å². The number of rotatable bonds is 9. The summed E-state index contributed by atoms with van der Waals surface area (Å²) in [5.41, 5.74) is 1.05. The van der Waals surface area contributed by atoms with E-state index < -0.39 is 9.84 Å². The van der Waals surface area contributed by atoms with Gasteiger partial charge >= 0.3 is 0 Å². The molecular weight excluding hydrogens is 262 g/mol. The molecule has 0 fully saturated rings. The first-order chi connectivity index (χ1) is 9.00. The molecule has 0 amide bonds. The Kier molecular flexibility index (Phi) is 6.51. The third-order valence-electron chi connectivity index (χ3n) is 3.01. The number of aromatic nitrogens is 2. The molecule has 5 nitrogen and oxygen atoms in total. The molecule has 0 aromatic carbocycles. The lowest BCUT2D eigenvalue weighted by Gasteiger charge is -2.11. The van der Waals surface area contributed by atoms with Gasteiger partial charge in [-0.2, -0.15) is 0 Å². The van der Waals surface area contributed by atoms with Crippen molar-refractivity contribution < 1.29 is 8.42 Å². The third-order valence-corrected chi connectivity index (χ3v) is 4.85. The zero-order chi connectivity index (χ0) is 14.3. The molecule has 0 radical (unpaired) electrons. The van der Waals surface area contributed by atoms with E-state index in [1.165, 1.54) is 0 Å². The molecule has 0 bridgehead atoms. The Morgan fingerprint density at radius 3 is 2.63 bits per heavy atom. The highest BCUT2D eigenvalue weighted by Crippen LogP contribution is 2.06. The molecular formula is C13H25N3O2S. The smallest absolute Gasteiger partial charge is 0.152 e. The average Bonchev–Trinajstić information content (AvgIpc) is 2.68. The van der Waals surface area contributed by atoms with E-state index >= 15 is 0 Å². The quantitative estimate of drug-likeness (QED) is 0.699. The van der Waals surface area contributed by atoms with E-state index in [1.807, 2.05) is 24.6 Å². The first-order valence-electron chi connectivity index (χ1n) is 6.92. The summed E-state index contributed by atoms with van der Waals surface area (Å²) >= 11 is 0. The number of sulfone groups is 1. The molecule has 0 saturated heterocycles. The van der Waals surface area contributed by atoms with Crippen LogP contribution in [0.4, 0.5) is 0 Å². The van der Waals surface area contributed by atoms with Crippen LogP contribution in [0.2, 0.25) is 0 Å². The van der Waals surface area contributed by atoms with E-state index in [4.69, 9.17) is 0 Å². The van der Waals surface area contributed by atoms with Crippen molar-refractivity contribution in [2.75, 3.05) is 18.1 Å². The number of hydrogen-bond acceptors (Lipinski definition) is 4. The average molecular weight is 287 g/mol. The lowest BCUT2D eigenvalue weighted by molar-refractivity contribution is 0.578. The van der Waals surface area contributed by atoms with Gasteiger partial charge in [0.1, 0.15) is 5.82 Å². The molecule has 0 spiro atoms. The highest BCUT2D eigenvalue weighted by atomic mass is 32.2. The van der Waals surface area contributed by atoms with Gasteiger partial charge in [-0.05, 0) is 26.3 Å². The Hall–Kier alpha value is -0.880. The Labute approximate surface area is 116 Å². The minimum atomic E-state index is -2.94. The first kappa shape index (κ1) is 16.2. The maximum Gasteiger partial charge on any atom is 0.152 e. The molecule has 1 heterocycles. The van der Waals surface area contributed by atoms with E-state index in [-0.39, 0.29) is 11.5 Å². The lowest BCUT2D eigenvalue weighted by atomic mass is 10.4. The van der Waals surface area contributed by atoms with Crippen molar-refractivity contribution in [2.24, 2.45) is 0 Å². The number of imidazole rings is 1. The van der Waals surface area contributed by atoms with Crippen LogP contribution in [0.3, 0.4) is 0 Å². The van der Waals surface area contributed by atoms with Gasteiger partial charge in [0.2, 0.25) is 0 Å². The van der Waals surface area contributed by atoms with Gasteiger partial charge in [-0.3, -0.25) is 0 Å². The number of aryl methyl sites for hydroxylation is 1. The van der Waals surface area contributed by atoms with Crippen molar-refractivity contribution >= 4 is 9.84 Å². The monoisotopic (exact) mass is 287 g/mol. The maximum atomic E-state index is 11.8. The summed E-state index contributed by atoms with van der Waals surface area (Å²) in [5, 5.41) is 3.32. The Balaban J connectivity index is 2.64. The topological polar surface area (TPSA) is 64.0 Å². The Morgan fingerprint density at radius 2 is 2.00 bits per heavy atom. The summed E-state index contributed by atoms with van der Waals surface area (Å²) in [6.07, 6.45) is 3.58. The van der Waals surface area contributed by atoms with Crippen LogP contribution < -0.4 is 5.32 Å². The SMILES string of the molecule is CCCNCc1cnc(C)n1CCS(=O)(=O)CCC. The molecule has 0 unspecified atom stereocenters. The standard InChI is InChI=1S/C13H25N3O2S/c1-4-6-14-10-13-11-15-12(3)16(13)7-9-19(17,18)8-5-2/h11,14H,4-10H2,1-3H3. The number of hydrogen-bond donors (Lipinski definition) is 1. The summed E-state index contributed by atoms with van der Waals surface area (Å²) in [7, 11) is -2.94. The normalized spacial score (nSPS) is 11.9. The van der Waals surface area contributed by atoms with Crippen LogP contribution in [-0.2, 0) is 22.9 Å². The van der Waals surface area contributed by atoms with E-state index in [2.05, 4.69) is 17.2 Å². The highest BCUT2D eigenvalue weighted by Gasteiger charge is 2.12. The molecule has 6 heteroatoms. The second kappa shape index (κ2) is 7.65. The molecule has 19 heavy (non-hydrogen) atoms. The van der Waals surface area contributed by atoms with Crippen LogP contribution in [0.15, 0.2) is 6.20 Å². The fraction of sp³-hybridized carbons (Fsp3) is 0.769. The van der Waals surface area contributed by atoms with Crippen LogP contribution in [0.5, 0.6) is 0 Å². The predicted molar refractivity (Wildman–Crippen MR) is 77.9 cm³/mol. The first-order valence-corrected chi connectivity index (χ1v) is 8.74. The van der Waals surface area contributed by atoms with Gasteiger partial charge in [0.15, 0.2) is 9.84 Å². The number of nitrogens with one attached hydrogen (secondary N) is 1. The zero-order valence-corrected chi connectivity index (χ0v) is 13.0. The molecule has 0 aliphatic carbocycles. The van der Waals surface area contributed by atoms with Gasteiger partial charge in [0, 0.05) is 25.0 Å². The molecule has 1 aromatic rings. The van der Waals surface area contributed by atoms with Gasteiger partial charge in [0.25, 0.3) is 0 Å². The second-order valence-corrected chi connectivity index (χ2v) is 7.08. The molecule has 0 atom stereocenters. The zero-order valence-electron chi connectivity index (χ0n) is 12.1. The fourth-order valence-electron chi connectivity index (χ4n) is 2.00. The minimum Gasteiger partial charge on any atom is -0.330 e. The van der Waals surface area contributed by atoms with Crippen molar-refractivity contribution in [3.05, 3.63) is 17.7 Å². The molecule has 1 rings (SSSR count). The second-order valence-electron chi connectivity index (χ2n) is 4.78. The molecule has 0 saturated carbocycles. The Bertz CT molecular complexity index is 480. The highest BCUT2D eigenvalue weighted by molar-refractivity contribution is 7.91. The molecule has 110 valence electrons. The van der Waals surface area contributed by atoms with Crippen molar-refractivity contribution in [3.63, 3.8) is 0 Å². The van der Waals surface area contributed by atoms with Gasteiger partial charge in [-0.15, -0.1) is 0 Å². The summed E-state index contributed by atoms with van der Waals surface area (Å²) < 4.78 is 25.5. The van der Waals surface area contributed by atoms with Crippen molar-refractivity contribution in [3.8, 4) is 0 Å². The van der Waals surface area contributed by atoms with Crippen LogP contribution in [0.25, 0.3) is 0 Å². The van der Waals surface area contributed by atoms with Gasteiger partial charge in [-0.25, -0.2) is 13.4 Å². The van der Waals surface area contributed by atoms with Crippen LogP contribution in [-0.4, -0.2) is 36.0 Å². The fourth-order valence-corrected chi connectivity index (χ4v) is 3.29. The summed E-state index contributed by atoms with van der Waals surface area (Å²) in [5.74, 6) is 1.34. The molecule has 1 aromatic heterocycles. The van der Waals surface area contributed by atoms with Crippen LogP contribution in [0.1, 0.15) is 38.2 Å². The summed E-state index contributed by atoms with van der Waals surface area (Å²) in [4.78, 5) is 4.27. The molecule has 0 aliphatic rings.